The van der Waals surface area contributed by atoms with Crippen LogP contribution < -0.4 is 4.74 Å². The number of hydrogen-bond acceptors (Lipinski definition) is 6. The van der Waals surface area contributed by atoms with Gasteiger partial charge in [0.05, 0.1) is 12.7 Å². The Morgan fingerprint density at radius 2 is 1.90 bits per heavy atom. The Bertz CT molecular complexity index is 941. The van der Waals surface area contributed by atoms with Crippen LogP contribution in [0.2, 0.25) is 5.02 Å². The van der Waals surface area contributed by atoms with Gasteiger partial charge in [0.15, 0.2) is 0 Å². The summed E-state index contributed by atoms with van der Waals surface area (Å²) in [6.45, 7) is 5.20. The van der Waals surface area contributed by atoms with Crippen molar-refractivity contribution < 1.29 is 28.6 Å². The molecule has 3 amide bonds. The molecule has 5 rings (SSSR count). The Morgan fingerprint density at radius 1 is 1.19 bits per heavy atom. The first-order chi connectivity index (χ1) is 14.7. The zero-order chi connectivity index (χ0) is 22.0. The van der Waals surface area contributed by atoms with Crippen LogP contribution in [0.25, 0.3) is 0 Å². The van der Waals surface area contributed by atoms with Gasteiger partial charge in [0.2, 0.25) is 5.91 Å². The van der Waals surface area contributed by atoms with Gasteiger partial charge in [0, 0.05) is 35.0 Å². The summed E-state index contributed by atoms with van der Waals surface area (Å²) in [7, 11) is 0. The van der Waals surface area contributed by atoms with Crippen molar-refractivity contribution in [2.75, 3.05) is 39.5 Å². The van der Waals surface area contributed by atoms with Crippen LogP contribution in [0.5, 0.6) is 5.75 Å². The van der Waals surface area contributed by atoms with Gasteiger partial charge in [0.1, 0.15) is 31.1 Å². The van der Waals surface area contributed by atoms with Crippen LogP contribution in [-0.2, 0) is 23.9 Å². The fraction of sp³-hybridized carbons (Fsp3) is 0.591. The minimum absolute atomic E-state index is 0.101. The molecule has 0 aromatic heterocycles. The highest BCUT2D eigenvalue weighted by molar-refractivity contribution is 6.30. The maximum atomic E-state index is 12.7. The van der Waals surface area contributed by atoms with Crippen molar-refractivity contribution in [3.05, 3.63) is 28.8 Å². The number of nitrogens with zero attached hydrogens (tertiary/aromatic N) is 2. The number of amides is 3. The average Bonchev–Trinajstić information content (AvgIpc) is 2.69. The molecule has 1 spiro atoms. The molecule has 1 aromatic rings. The molecular weight excluding hydrogens is 424 g/mol. The van der Waals surface area contributed by atoms with Gasteiger partial charge in [0.25, 0.3) is 11.8 Å². The molecule has 0 bridgehead atoms. The number of ether oxygens (including phenoxy) is 3. The van der Waals surface area contributed by atoms with E-state index in [1.165, 1.54) is 0 Å². The Balaban J connectivity index is 1.27. The summed E-state index contributed by atoms with van der Waals surface area (Å²) in [5.74, 6) is -0.249. The smallest absolute Gasteiger partial charge is 0.255 e. The van der Waals surface area contributed by atoms with Crippen molar-refractivity contribution >= 4 is 29.3 Å². The second-order valence-corrected chi connectivity index (χ2v) is 9.98. The monoisotopic (exact) mass is 448 g/mol. The van der Waals surface area contributed by atoms with Gasteiger partial charge in [-0.3, -0.25) is 19.3 Å². The molecule has 4 heterocycles. The van der Waals surface area contributed by atoms with Crippen LogP contribution in [0, 0.1) is 11.3 Å². The van der Waals surface area contributed by atoms with Gasteiger partial charge in [-0.05, 0) is 38.5 Å². The minimum atomic E-state index is -0.470. The Hall–Kier alpha value is -2.16. The Morgan fingerprint density at radius 3 is 2.61 bits per heavy atom. The largest absolute Gasteiger partial charge is 0.487 e. The quantitative estimate of drug-likeness (QED) is 0.641. The van der Waals surface area contributed by atoms with Crippen molar-refractivity contribution in [2.45, 2.75) is 32.0 Å². The molecule has 0 unspecified atom stereocenters. The summed E-state index contributed by atoms with van der Waals surface area (Å²) in [5, 5.41) is 0.650. The Labute approximate surface area is 185 Å². The number of hydrogen-bond donors (Lipinski definition) is 0. The van der Waals surface area contributed by atoms with Crippen molar-refractivity contribution in [1.82, 2.24) is 9.80 Å². The van der Waals surface area contributed by atoms with Crippen molar-refractivity contribution in [3.8, 4) is 5.75 Å². The van der Waals surface area contributed by atoms with Crippen LogP contribution in [0.15, 0.2) is 18.2 Å². The molecule has 1 aromatic carbocycles. The molecule has 9 heteroatoms. The summed E-state index contributed by atoms with van der Waals surface area (Å²) in [4.78, 5) is 39.1. The zero-order valence-electron chi connectivity index (χ0n) is 17.6. The first kappa shape index (κ1) is 20.7. The number of imide groups is 1. The number of carbonyl (C=O) groups excluding carboxylic acids is 3. The van der Waals surface area contributed by atoms with Crippen LogP contribution in [0.1, 0.15) is 31.9 Å². The van der Waals surface area contributed by atoms with E-state index < -0.39 is 17.4 Å². The number of likely N-dealkylation sites (tertiary alicyclic amines) is 1. The van der Waals surface area contributed by atoms with Gasteiger partial charge >= 0.3 is 0 Å². The van der Waals surface area contributed by atoms with Crippen molar-refractivity contribution in [1.29, 1.82) is 0 Å². The summed E-state index contributed by atoms with van der Waals surface area (Å²) in [6, 6.07) is 5.62. The van der Waals surface area contributed by atoms with Crippen LogP contribution in [0.3, 0.4) is 0 Å². The molecule has 0 N–H and O–H groups in total. The topological polar surface area (TPSA) is 85.4 Å². The SMILES string of the molecule is CC1(C)Oc2ccc(Cl)cc2[C@H]2OCC3(C[C@@H]21)CN(C(=O)CN1C(=O)COCC1=O)C3. The average molecular weight is 449 g/mol. The summed E-state index contributed by atoms with van der Waals surface area (Å²) in [6.07, 6.45) is 0.756. The fourth-order valence-corrected chi connectivity index (χ4v) is 5.40. The normalized spacial score (nSPS) is 28.5. The summed E-state index contributed by atoms with van der Waals surface area (Å²) < 4.78 is 17.5. The van der Waals surface area contributed by atoms with E-state index in [1.54, 1.807) is 4.90 Å². The molecule has 8 nitrogen and oxygen atoms in total. The number of benzene rings is 1. The predicted octanol–water partition coefficient (Wildman–Crippen LogP) is 1.80. The maximum Gasteiger partial charge on any atom is 0.255 e. The highest BCUT2D eigenvalue weighted by Gasteiger charge is 2.56. The van der Waals surface area contributed by atoms with E-state index in [0.29, 0.717) is 24.7 Å². The third-order valence-corrected chi connectivity index (χ3v) is 7.12. The van der Waals surface area contributed by atoms with E-state index in [4.69, 9.17) is 25.8 Å². The number of halogens is 1. The van der Waals surface area contributed by atoms with Gasteiger partial charge < -0.3 is 19.1 Å². The molecule has 0 aliphatic carbocycles. The molecule has 31 heavy (non-hydrogen) atoms. The lowest BCUT2D eigenvalue weighted by molar-refractivity contribution is -0.202. The molecule has 4 aliphatic rings. The van der Waals surface area contributed by atoms with E-state index in [0.717, 1.165) is 22.6 Å². The molecule has 2 atom stereocenters. The summed E-state index contributed by atoms with van der Waals surface area (Å²) in [5.41, 5.74) is 0.408. The van der Waals surface area contributed by atoms with Gasteiger partial charge in [-0.2, -0.15) is 0 Å². The van der Waals surface area contributed by atoms with E-state index in [9.17, 15) is 14.4 Å². The van der Waals surface area contributed by atoms with E-state index in [-0.39, 0.29) is 43.1 Å². The van der Waals surface area contributed by atoms with Crippen LogP contribution in [-0.4, -0.2) is 72.6 Å². The Kier molecular flexibility index (Phi) is 4.80. The zero-order valence-corrected chi connectivity index (χ0v) is 18.3. The number of rotatable bonds is 2. The van der Waals surface area contributed by atoms with Gasteiger partial charge in [-0.1, -0.05) is 11.6 Å². The molecule has 0 radical (unpaired) electrons. The second-order valence-electron chi connectivity index (χ2n) is 9.55. The first-order valence-corrected chi connectivity index (χ1v) is 10.8. The van der Waals surface area contributed by atoms with Gasteiger partial charge in [-0.25, -0.2) is 0 Å². The second kappa shape index (κ2) is 7.18. The lowest BCUT2D eigenvalue weighted by atomic mass is 9.64. The minimum Gasteiger partial charge on any atom is -0.487 e. The van der Waals surface area contributed by atoms with E-state index in [1.807, 2.05) is 18.2 Å². The first-order valence-electron chi connectivity index (χ1n) is 10.5. The number of fused-ring (bicyclic) bond motifs is 3. The fourth-order valence-electron chi connectivity index (χ4n) is 5.22. The third kappa shape index (κ3) is 3.50. The van der Waals surface area contributed by atoms with Crippen molar-refractivity contribution in [3.63, 3.8) is 0 Å². The van der Waals surface area contributed by atoms with Crippen LogP contribution in [0.4, 0.5) is 0 Å². The van der Waals surface area contributed by atoms with E-state index >= 15 is 0 Å². The molecular formula is C22H25ClN2O6. The third-order valence-electron chi connectivity index (χ3n) is 6.88. The standard InChI is InChI=1S/C22H25ClN2O6/c1-21(2)15-6-22(12-30-20(15)14-5-13(23)3-4-16(14)31-21)10-24(11-22)17(26)7-25-18(27)8-29-9-19(25)28/h3-5,15,20H,6-12H2,1-2H3/t15-,20+/m0/s1. The molecule has 3 saturated heterocycles. The number of carbonyl (C=O) groups is 3. The lowest BCUT2D eigenvalue weighted by Gasteiger charge is -2.58. The molecule has 166 valence electrons. The highest BCUT2D eigenvalue weighted by atomic mass is 35.5. The lowest BCUT2D eigenvalue weighted by Crippen LogP contribution is -2.66. The molecule has 0 saturated carbocycles. The predicted molar refractivity (Wildman–Crippen MR) is 110 cm³/mol. The highest BCUT2D eigenvalue weighted by Crippen LogP contribution is 2.55. The maximum absolute atomic E-state index is 12.7. The van der Waals surface area contributed by atoms with Crippen LogP contribution >= 0.6 is 11.6 Å². The van der Waals surface area contributed by atoms with E-state index in [2.05, 4.69) is 13.8 Å². The van der Waals surface area contributed by atoms with Crippen molar-refractivity contribution in [2.24, 2.45) is 11.3 Å². The molecule has 4 aliphatic heterocycles. The molecule has 3 fully saturated rings. The summed E-state index contributed by atoms with van der Waals surface area (Å²) >= 11 is 6.21. The number of morpholine rings is 1. The van der Waals surface area contributed by atoms with Gasteiger partial charge in [-0.15, -0.1) is 0 Å².